The highest BCUT2D eigenvalue weighted by molar-refractivity contribution is 5.90. The molecular weight excluding hydrogens is 347 g/mol. The molecule has 0 atom stereocenters. The van der Waals surface area contributed by atoms with Crippen molar-refractivity contribution in [3.8, 4) is 22.6 Å². The molecule has 3 aromatic rings. The van der Waals surface area contributed by atoms with E-state index < -0.39 is 5.75 Å². The summed E-state index contributed by atoms with van der Waals surface area (Å²) in [5.74, 6) is -1.15. The maximum Gasteiger partial charge on any atom is 0.168 e. The molecule has 0 aliphatic heterocycles. The lowest BCUT2D eigenvalue weighted by atomic mass is 9.90. The second-order valence-electron chi connectivity index (χ2n) is 6.20. The highest BCUT2D eigenvalue weighted by atomic mass is 19.1. The molecule has 5 heteroatoms. The van der Waals surface area contributed by atoms with E-state index in [-0.39, 0.29) is 30.3 Å². The molecule has 3 rings (SSSR count). The number of phenolic OH excluding ortho intramolecular Hbond substituents is 2. The zero-order chi connectivity index (χ0) is 19.4. The molecule has 4 nitrogen and oxygen atoms in total. The number of aromatic hydroxyl groups is 2. The van der Waals surface area contributed by atoms with Crippen molar-refractivity contribution in [3.05, 3.63) is 82.7 Å². The van der Waals surface area contributed by atoms with Gasteiger partial charge in [-0.2, -0.15) is 0 Å². The topological polar surface area (TPSA) is 66.8 Å². The summed E-state index contributed by atoms with van der Waals surface area (Å²) in [4.78, 5) is 11.6. The lowest BCUT2D eigenvalue weighted by Gasteiger charge is -2.18. The van der Waals surface area contributed by atoms with Gasteiger partial charge in [-0.15, -0.1) is 0 Å². The van der Waals surface area contributed by atoms with Crippen molar-refractivity contribution >= 4 is 6.29 Å². The molecule has 0 heterocycles. The van der Waals surface area contributed by atoms with Crippen LogP contribution in [0.2, 0.25) is 0 Å². The van der Waals surface area contributed by atoms with Crippen LogP contribution in [0.25, 0.3) is 11.1 Å². The Bertz CT molecular complexity index is 968. The van der Waals surface area contributed by atoms with Crippen LogP contribution < -0.4 is 0 Å². The molecule has 0 fully saturated rings. The van der Waals surface area contributed by atoms with E-state index in [4.69, 9.17) is 4.74 Å². The maximum atomic E-state index is 13.3. The monoisotopic (exact) mass is 366 g/mol. The largest absolute Gasteiger partial charge is 0.504 e. The van der Waals surface area contributed by atoms with E-state index >= 15 is 0 Å². The number of aldehydes is 1. The minimum absolute atomic E-state index is 0.0174. The predicted octanol–water partition coefficient (Wildman–Crippen LogP) is 4.74. The number of halogens is 1. The van der Waals surface area contributed by atoms with Crippen molar-refractivity contribution in [2.75, 3.05) is 0 Å². The molecule has 0 radical (unpaired) electrons. The number of phenols is 2. The van der Waals surface area contributed by atoms with Gasteiger partial charge in [0.05, 0.1) is 18.8 Å². The molecule has 0 aromatic heterocycles. The van der Waals surface area contributed by atoms with Crippen LogP contribution in [0.3, 0.4) is 0 Å². The zero-order valence-corrected chi connectivity index (χ0v) is 14.8. The summed E-state index contributed by atoms with van der Waals surface area (Å²) in [7, 11) is 0. The molecule has 0 saturated heterocycles. The molecule has 0 spiro atoms. The summed E-state index contributed by atoms with van der Waals surface area (Å²) < 4.78 is 19.0. The number of rotatable bonds is 6. The van der Waals surface area contributed by atoms with Crippen LogP contribution in [0.4, 0.5) is 4.39 Å². The zero-order valence-electron chi connectivity index (χ0n) is 14.8. The van der Waals surface area contributed by atoms with Crippen molar-refractivity contribution < 1.29 is 24.1 Å². The number of hydrogen-bond donors (Lipinski definition) is 2. The van der Waals surface area contributed by atoms with Crippen LogP contribution in [0, 0.1) is 12.7 Å². The molecule has 2 N–H and O–H groups in total. The average Bonchev–Trinajstić information content (AvgIpc) is 2.67. The third kappa shape index (κ3) is 3.83. The fraction of sp³-hybridized carbons (Fsp3) is 0.136. The minimum atomic E-state index is -0.466. The Morgan fingerprint density at radius 3 is 2.41 bits per heavy atom. The number of benzene rings is 3. The summed E-state index contributed by atoms with van der Waals surface area (Å²) >= 11 is 0. The van der Waals surface area contributed by atoms with E-state index in [1.807, 2.05) is 30.3 Å². The molecule has 138 valence electrons. The van der Waals surface area contributed by atoms with Gasteiger partial charge in [0.1, 0.15) is 5.82 Å². The van der Waals surface area contributed by atoms with E-state index in [9.17, 15) is 19.4 Å². The van der Waals surface area contributed by atoms with E-state index in [0.29, 0.717) is 28.5 Å². The molecule has 3 aromatic carbocycles. The van der Waals surface area contributed by atoms with Crippen LogP contribution in [0.5, 0.6) is 11.5 Å². The van der Waals surface area contributed by atoms with Gasteiger partial charge >= 0.3 is 0 Å². The van der Waals surface area contributed by atoms with Gasteiger partial charge in [-0.25, -0.2) is 4.39 Å². The first-order chi connectivity index (χ1) is 13.0. The highest BCUT2D eigenvalue weighted by Crippen LogP contribution is 2.42. The Morgan fingerprint density at radius 1 is 1.00 bits per heavy atom. The first-order valence-corrected chi connectivity index (χ1v) is 8.43. The lowest BCUT2D eigenvalue weighted by Crippen LogP contribution is -2.04. The lowest BCUT2D eigenvalue weighted by molar-refractivity contribution is 0.103. The first-order valence-electron chi connectivity index (χ1n) is 8.43. The van der Waals surface area contributed by atoms with Gasteiger partial charge in [-0.05, 0) is 35.7 Å². The first kappa shape index (κ1) is 18.6. The normalized spacial score (nSPS) is 10.7. The number of hydrogen-bond acceptors (Lipinski definition) is 4. The summed E-state index contributed by atoms with van der Waals surface area (Å²) in [6.45, 7) is 1.83. The van der Waals surface area contributed by atoms with Gasteiger partial charge in [0.15, 0.2) is 17.8 Å². The molecule has 0 amide bonds. The van der Waals surface area contributed by atoms with E-state index in [2.05, 4.69) is 0 Å². The average molecular weight is 366 g/mol. The molecule has 0 bridgehead atoms. The van der Waals surface area contributed by atoms with Crippen LogP contribution in [0.1, 0.15) is 27.0 Å². The Labute approximate surface area is 156 Å². The van der Waals surface area contributed by atoms with Crippen LogP contribution >= 0.6 is 0 Å². The number of carbonyl (C=O) groups excluding carboxylic acids is 1. The number of carbonyl (C=O) groups is 1. The van der Waals surface area contributed by atoms with Crippen molar-refractivity contribution in [1.29, 1.82) is 0 Å². The van der Waals surface area contributed by atoms with Crippen molar-refractivity contribution in [2.24, 2.45) is 0 Å². The summed E-state index contributed by atoms with van der Waals surface area (Å²) in [6, 6.07) is 15.3. The van der Waals surface area contributed by atoms with Gasteiger partial charge in [0.2, 0.25) is 0 Å². The van der Waals surface area contributed by atoms with Crippen molar-refractivity contribution in [3.63, 3.8) is 0 Å². The highest BCUT2D eigenvalue weighted by Gasteiger charge is 2.22. The minimum Gasteiger partial charge on any atom is -0.504 e. The predicted molar refractivity (Wildman–Crippen MR) is 100 cm³/mol. The van der Waals surface area contributed by atoms with E-state index in [1.54, 1.807) is 19.1 Å². The quantitative estimate of drug-likeness (QED) is 0.488. The summed E-state index contributed by atoms with van der Waals surface area (Å²) in [5, 5.41) is 20.4. The molecular formula is C22H19FO4. The molecule has 0 aliphatic carbocycles. The standard InChI is InChI=1S/C22H19FO4/c1-14-20(16-7-3-2-4-8-16)19(18(11-24)22(26)21(14)25)13-27-12-15-6-5-9-17(23)10-15/h2-11,25-26H,12-13H2,1H3. The SMILES string of the molecule is Cc1c(O)c(O)c(C=O)c(COCc2cccc(F)c2)c1-c1ccccc1. The van der Waals surface area contributed by atoms with Crippen LogP contribution in [-0.4, -0.2) is 16.5 Å². The smallest absolute Gasteiger partial charge is 0.168 e. The maximum absolute atomic E-state index is 13.3. The fourth-order valence-electron chi connectivity index (χ4n) is 3.10. The second kappa shape index (κ2) is 8.01. The summed E-state index contributed by atoms with van der Waals surface area (Å²) in [5.41, 5.74) is 2.99. The molecule has 0 aliphatic rings. The third-order valence-electron chi connectivity index (χ3n) is 4.42. The van der Waals surface area contributed by atoms with Gasteiger partial charge in [-0.1, -0.05) is 42.5 Å². The van der Waals surface area contributed by atoms with Crippen molar-refractivity contribution in [2.45, 2.75) is 20.1 Å². The molecule has 0 saturated carbocycles. The second-order valence-corrected chi connectivity index (χ2v) is 6.20. The van der Waals surface area contributed by atoms with Crippen LogP contribution in [0.15, 0.2) is 54.6 Å². The Morgan fingerprint density at radius 2 is 1.74 bits per heavy atom. The van der Waals surface area contributed by atoms with Gasteiger partial charge in [0, 0.05) is 11.1 Å². The molecule has 27 heavy (non-hydrogen) atoms. The number of ether oxygens (including phenoxy) is 1. The van der Waals surface area contributed by atoms with Gasteiger partial charge in [-0.3, -0.25) is 4.79 Å². The van der Waals surface area contributed by atoms with E-state index in [0.717, 1.165) is 5.56 Å². The van der Waals surface area contributed by atoms with Crippen molar-refractivity contribution in [1.82, 2.24) is 0 Å². The third-order valence-corrected chi connectivity index (χ3v) is 4.42. The van der Waals surface area contributed by atoms with Gasteiger partial charge < -0.3 is 14.9 Å². The summed E-state index contributed by atoms with van der Waals surface area (Å²) in [6.07, 6.45) is 0.502. The Balaban J connectivity index is 2.00. The Hall–Kier alpha value is -3.18. The van der Waals surface area contributed by atoms with Crippen LogP contribution in [-0.2, 0) is 18.0 Å². The van der Waals surface area contributed by atoms with E-state index in [1.165, 1.54) is 12.1 Å². The Kier molecular flexibility index (Phi) is 5.52. The molecule has 0 unspecified atom stereocenters. The fourth-order valence-corrected chi connectivity index (χ4v) is 3.10. The van der Waals surface area contributed by atoms with Gasteiger partial charge in [0.25, 0.3) is 0 Å².